The molecule has 0 aliphatic carbocycles. The van der Waals surface area contributed by atoms with Crippen LogP contribution in [0.3, 0.4) is 0 Å². The molecule has 150 valence electrons. The van der Waals surface area contributed by atoms with Gasteiger partial charge in [-0.3, -0.25) is 9.59 Å². The third kappa shape index (κ3) is 3.59. The molecule has 0 radical (unpaired) electrons. The summed E-state index contributed by atoms with van der Waals surface area (Å²) in [6, 6.07) is 18.0. The van der Waals surface area contributed by atoms with Crippen molar-refractivity contribution in [2.45, 2.75) is 13.3 Å². The summed E-state index contributed by atoms with van der Waals surface area (Å²) in [6.07, 6.45) is 0.827. The molecular weight excluding hydrogens is 386 g/mol. The van der Waals surface area contributed by atoms with Crippen LogP contribution in [0.2, 0.25) is 0 Å². The maximum Gasteiger partial charge on any atom is 0.282 e. The molecule has 1 aliphatic heterocycles. The van der Waals surface area contributed by atoms with E-state index in [2.05, 4.69) is 5.32 Å². The number of nitrogens with one attached hydrogen (secondary N) is 1. The normalized spacial score (nSPS) is 13.9. The van der Waals surface area contributed by atoms with E-state index in [1.807, 2.05) is 19.1 Å². The zero-order valence-corrected chi connectivity index (χ0v) is 16.2. The maximum absolute atomic E-state index is 13.6. The number of benzene rings is 3. The second-order valence-corrected chi connectivity index (χ2v) is 6.86. The van der Waals surface area contributed by atoms with Gasteiger partial charge in [0.15, 0.2) is 0 Å². The quantitative estimate of drug-likeness (QED) is 0.614. The van der Waals surface area contributed by atoms with Crippen molar-refractivity contribution < 1.29 is 18.4 Å². The van der Waals surface area contributed by atoms with E-state index in [0.29, 0.717) is 16.9 Å². The number of hydrogen-bond donors (Lipinski definition) is 1. The lowest BCUT2D eigenvalue weighted by Gasteiger charge is -2.16. The first-order valence-corrected chi connectivity index (χ1v) is 9.48. The second kappa shape index (κ2) is 7.91. The Morgan fingerprint density at radius 3 is 2.17 bits per heavy atom. The van der Waals surface area contributed by atoms with Crippen molar-refractivity contribution in [1.29, 1.82) is 0 Å². The molecule has 3 aromatic carbocycles. The molecule has 3 aromatic rings. The number of aryl methyl sites for hydroxylation is 1. The van der Waals surface area contributed by atoms with Crippen LogP contribution < -0.4 is 10.2 Å². The van der Waals surface area contributed by atoms with E-state index in [9.17, 15) is 18.4 Å². The molecule has 0 atom stereocenters. The van der Waals surface area contributed by atoms with E-state index in [1.165, 1.54) is 42.5 Å². The number of amides is 2. The Morgan fingerprint density at radius 2 is 1.53 bits per heavy atom. The summed E-state index contributed by atoms with van der Waals surface area (Å²) in [4.78, 5) is 27.6. The van der Waals surface area contributed by atoms with Crippen molar-refractivity contribution in [2.24, 2.45) is 0 Å². The van der Waals surface area contributed by atoms with Gasteiger partial charge in [-0.25, -0.2) is 13.7 Å². The number of anilines is 2. The van der Waals surface area contributed by atoms with Gasteiger partial charge in [0.2, 0.25) is 0 Å². The fourth-order valence-electron chi connectivity index (χ4n) is 3.36. The average Bonchev–Trinajstić information content (AvgIpc) is 2.98. The molecule has 0 bridgehead atoms. The summed E-state index contributed by atoms with van der Waals surface area (Å²) in [5, 5.41) is 2.88. The molecule has 0 fully saturated rings. The topological polar surface area (TPSA) is 49.4 Å². The van der Waals surface area contributed by atoms with Crippen molar-refractivity contribution >= 4 is 28.8 Å². The predicted molar refractivity (Wildman–Crippen MR) is 112 cm³/mol. The minimum atomic E-state index is -0.562. The Balaban J connectivity index is 1.80. The summed E-state index contributed by atoms with van der Waals surface area (Å²) >= 11 is 0. The third-order valence-corrected chi connectivity index (χ3v) is 4.91. The lowest BCUT2D eigenvalue weighted by atomic mass is 10.0. The van der Waals surface area contributed by atoms with Crippen LogP contribution in [-0.2, 0) is 16.0 Å². The zero-order chi connectivity index (χ0) is 21.3. The van der Waals surface area contributed by atoms with Gasteiger partial charge in [0.1, 0.15) is 17.3 Å². The largest absolute Gasteiger partial charge is 0.350 e. The van der Waals surface area contributed by atoms with E-state index in [1.54, 1.807) is 18.2 Å². The van der Waals surface area contributed by atoms with Crippen LogP contribution in [0, 0.1) is 11.6 Å². The predicted octanol–water partition coefficient (Wildman–Crippen LogP) is 4.92. The van der Waals surface area contributed by atoms with Crippen LogP contribution in [0.1, 0.15) is 18.1 Å². The van der Waals surface area contributed by atoms with Gasteiger partial charge in [-0.05, 0) is 60.0 Å². The van der Waals surface area contributed by atoms with Crippen molar-refractivity contribution in [3.63, 3.8) is 0 Å². The highest BCUT2D eigenvalue weighted by Crippen LogP contribution is 2.34. The highest BCUT2D eigenvalue weighted by molar-refractivity contribution is 6.46. The first-order valence-electron chi connectivity index (χ1n) is 9.48. The summed E-state index contributed by atoms with van der Waals surface area (Å²) < 4.78 is 27.0. The van der Waals surface area contributed by atoms with Gasteiger partial charge >= 0.3 is 0 Å². The van der Waals surface area contributed by atoms with Crippen LogP contribution in [0.15, 0.2) is 78.5 Å². The Hall–Kier alpha value is -3.80. The molecule has 0 spiro atoms. The van der Waals surface area contributed by atoms with Gasteiger partial charge in [-0.15, -0.1) is 0 Å². The Labute approximate surface area is 172 Å². The standard InChI is InChI=1S/C24H18F2N2O2/c1-2-15-6-12-20(13-7-15)28-23(29)21(16-8-10-17(25)11-9-16)22(24(28)30)27-19-5-3-4-18(26)14-19/h3-14,27H,2H2,1H3. The minimum Gasteiger partial charge on any atom is -0.350 e. The van der Waals surface area contributed by atoms with Gasteiger partial charge in [-0.1, -0.05) is 37.3 Å². The number of rotatable bonds is 5. The Kier molecular flexibility index (Phi) is 5.14. The van der Waals surface area contributed by atoms with Crippen LogP contribution >= 0.6 is 0 Å². The molecule has 0 saturated carbocycles. The van der Waals surface area contributed by atoms with Crippen molar-refractivity contribution in [3.8, 4) is 0 Å². The van der Waals surface area contributed by atoms with Crippen molar-refractivity contribution in [2.75, 3.05) is 10.2 Å². The number of imide groups is 1. The minimum absolute atomic E-state index is 0.0109. The summed E-state index contributed by atoms with van der Waals surface area (Å²) in [7, 11) is 0. The van der Waals surface area contributed by atoms with E-state index in [0.717, 1.165) is 16.9 Å². The van der Waals surface area contributed by atoms with E-state index in [4.69, 9.17) is 0 Å². The van der Waals surface area contributed by atoms with Gasteiger partial charge in [0.25, 0.3) is 11.8 Å². The van der Waals surface area contributed by atoms with Crippen LogP contribution in [0.5, 0.6) is 0 Å². The Bertz CT molecular complexity index is 1150. The summed E-state index contributed by atoms with van der Waals surface area (Å²) in [5.41, 5.74) is 2.33. The number of hydrogen-bond acceptors (Lipinski definition) is 3. The van der Waals surface area contributed by atoms with E-state index < -0.39 is 23.4 Å². The monoisotopic (exact) mass is 404 g/mol. The van der Waals surface area contributed by atoms with Crippen LogP contribution in [0.4, 0.5) is 20.2 Å². The van der Waals surface area contributed by atoms with Gasteiger partial charge in [-0.2, -0.15) is 0 Å². The molecule has 1 N–H and O–H groups in total. The van der Waals surface area contributed by atoms with Crippen molar-refractivity contribution in [3.05, 3.63) is 101 Å². The third-order valence-electron chi connectivity index (χ3n) is 4.91. The fraction of sp³-hybridized carbons (Fsp3) is 0.0833. The first-order chi connectivity index (χ1) is 14.5. The van der Waals surface area contributed by atoms with Crippen LogP contribution in [0.25, 0.3) is 5.57 Å². The molecular formula is C24H18F2N2O2. The number of carbonyl (C=O) groups excluding carboxylic acids is 2. The lowest BCUT2D eigenvalue weighted by Crippen LogP contribution is -2.32. The Morgan fingerprint density at radius 1 is 0.833 bits per heavy atom. The molecule has 30 heavy (non-hydrogen) atoms. The molecule has 0 saturated heterocycles. The van der Waals surface area contributed by atoms with Gasteiger partial charge < -0.3 is 5.32 Å². The smallest absolute Gasteiger partial charge is 0.282 e. The SMILES string of the molecule is CCc1ccc(N2C(=O)C(Nc3cccc(F)c3)=C(c3ccc(F)cc3)C2=O)cc1. The molecule has 1 aliphatic rings. The molecule has 0 aromatic heterocycles. The average molecular weight is 404 g/mol. The number of carbonyl (C=O) groups is 2. The summed E-state index contributed by atoms with van der Waals surface area (Å²) in [5.74, 6) is -2.03. The molecule has 0 unspecified atom stereocenters. The number of halogens is 2. The molecule has 2 amide bonds. The van der Waals surface area contributed by atoms with E-state index >= 15 is 0 Å². The lowest BCUT2D eigenvalue weighted by molar-refractivity contribution is -0.120. The van der Waals surface area contributed by atoms with Crippen molar-refractivity contribution in [1.82, 2.24) is 0 Å². The number of nitrogens with zero attached hydrogens (tertiary/aromatic N) is 1. The van der Waals surface area contributed by atoms with Crippen LogP contribution in [-0.4, -0.2) is 11.8 Å². The molecule has 6 heteroatoms. The highest BCUT2D eigenvalue weighted by atomic mass is 19.1. The van der Waals surface area contributed by atoms with Gasteiger partial charge in [0.05, 0.1) is 11.3 Å². The molecule has 4 nitrogen and oxygen atoms in total. The summed E-state index contributed by atoms with van der Waals surface area (Å²) in [6.45, 7) is 2.01. The second-order valence-electron chi connectivity index (χ2n) is 6.86. The zero-order valence-electron chi connectivity index (χ0n) is 16.2. The fourth-order valence-corrected chi connectivity index (χ4v) is 3.36. The first kappa shape index (κ1) is 19.5. The van der Waals surface area contributed by atoms with E-state index in [-0.39, 0.29) is 11.3 Å². The molecule has 4 rings (SSSR count). The molecule has 1 heterocycles. The van der Waals surface area contributed by atoms with Gasteiger partial charge in [0, 0.05) is 5.69 Å². The maximum atomic E-state index is 13.6. The highest BCUT2D eigenvalue weighted by Gasteiger charge is 2.40.